The number of hydrogen-bond acceptors (Lipinski definition) is 1. The summed E-state index contributed by atoms with van der Waals surface area (Å²) in [6, 6.07) is 0. The van der Waals surface area contributed by atoms with Crippen molar-refractivity contribution in [3.63, 3.8) is 0 Å². The summed E-state index contributed by atoms with van der Waals surface area (Å²) in [5, 5.41) is 1.21. The molecule has 0 saturated heterocycles. The van der Waals surface area contributed by atoms with Crippen LogP contribution in [0.15, 0.2) is 0 Å². The Labute approximate surface area is 72.7 Å². The predicted molar refractivity (Wildman–Crippen MR) is 50.0 cm³/mol. The van der Waals surface area contributed by atoms with Gasteiger partial charge in [-0.05, 0) is 18.6 Å². The van der Waals surface area contributed by atoms with Crippen molar-refractivity contribution in [2.75, 3.05) is 5.75 Å². The Morgan fingerprint density at radius 2 is 2.10 bits per heavy atom. The van der Waals surface area contributed by atoms with Crippen LogP contribution in [-0.4, -0.2) is 16.4 Å². The van der Waals surface area contributed by atoms with Crippen LogP contribution < -0.4 is 0 Å². The van der Waals surface area contributed by atoms with Crippen LogP contribution in [0.2, 0.25) is 0 Å². The first-order valence-electron chi connectivity index (χ1n) is 4.10. The summed E-state index contributed by atoms with van der Waals surface area (Å²) in [5.41, 5.74) is 0. The molecule has 1 aliphatic rings. The zero-order valence-electron chi connectivity index (χ0n) is 6.48. The minimum atomic E-state index is 0.457. The number of halogens is 1. The molecule has 0 aromatic carbocycles. The van der Waals surface area contributed by atoms with Gasteiger partial charge < -0.3 is 0 Å². The van der Waals surface area contributed by atoms with Crippen LogP contribution in [0.5, 0.6) is 0 Å². The minimum absolute atomic E-state index is 0.457. The average Bonchev–Trinajstić information content (AvgIpc) is 1.94. The molecule has 0 radical (unpaired) electrons. The Bertz CT molecular complexity index is 93.3. The lowest BCUT2D eigenvalue weighted by atomic mass is 10.00. The SMILES string of the molecule is CCSC1CCCCC1Cl. The maximum Gasteiger partial charge on any atom is 0.0454 e. The van der Waals surface area contributed by atoms with Crippen molar-refractivity contribution in [3.05, 3.63) is 0 Å². The highest BCUT2D eigenvalue weighted by molar-refractivity contribution is 7.99. The van der Waals surface area contributed by atoms with Gasteiger partial charge in [0.15, 0.2) is 0 Å². The molecule has 1 fully saturated rings. The second-order valence-corrected chi connectivity index (χ2v) is 4.87. The van der Waals surface area contributed by atoms with E-state index >= 15 is 0 Å². The van der Waals surface area contributed by atoms with Crippen LogP contribution >= 0.6 is 23.4 Å². The van der Waals surface area contributed by atoms with Crippen LogP contribution in [0.3, 0.4) is 0 Å². The Morgan fingerprint density at radius 1 is 1.40 bits per heavy atom. The zero-order chi connectivity index (χ0) is 7.40. The lowest BCUT2D eigenvalue weighted by Crippen LogP contribution is -2.22. The second kappa shape index (κ2) is 4.50. The highest BCUT2D eigenvalue weighted by Crippen LogP contribution is 2.31. The lowest BCUT2D eigenvalue weighted by Gasteiger charge is -2.25. The molecule has 0 nitrogen and oxygen atoms in total. The molecule has 2 unspecified atom stereocenters. The van der Waals surface area contributed by atoms with Crippen LogP contribution in [0.4, 0.5) is 0 Å². The number of thioether (sulfide) groups is 1. The largest absolute Gasteiger partial charge is 0.157 e. The van der Waals surface area contributed by atoms with Crippen molar-refractivity contribution >= 4 is 23.4 Å². The molecule has 0 N–H and O–H groups in total. The standard InChI is InChI=1S/C8H15ClS/c1-2-10-8-6-4-3-5-7(8)9/h7-8H,2-6H2,1H3. The molecule has 1 saturated carbocycles. The van der Waals surface area contributed by atoms with Crippen molar-refractivity contribution < 1.29 is 0 Å². The Morgan fingerprint density at radius 3 is 2.70 bits per heavy atom. The Hall–Kier alpha value is 0.640. The molecule has 10 heavy (non-hydrogen) atoms. The zero-order valence-corrected chi connectivity index (χ0v) is 8.05. The van der Waals surface area contributed by atoms with Crippen molar-refractivity contribution in [3.8, 4) is 0 Å². The molecule has 0 aliphatic heterocycles. The average molecular weight is 179 g/mol. The van der Waals surface area contributed by atoms with Gasteiger partial charge in [0.25, 0.3) is 0 Å². The van der Waals surface area contributed by atoms with E-state index < -0.39 is 0 Å². The van der Waals surface area contributed by atoms with Crippen LogP contribution in [0, 0.1) is 0 Å². The molecule has 2 atom stereocenters. The topological polar surface area (TPSA) is 0 Å². The van der Waals surface area contributed by atoms with E-state index in [1.807, 2.05) is 11.8 Å². The maximum absolute atomic E-state index is 6.14. The maximum atomic E-state index is 6.14. The number of alkyl halides is 1. The third kappa shape index (κ3) is 2.35. The number of rotatable bonds is 2. The van der Waals surface area contributed by atoms with E-state index in [1.54, 1.807) is 0 Å². The van der Waals surface area contributed by atoms with Gasteiger partial charge in [-0.25, -0.2) is 0 Å². The van der Waals surface area contributed by atoms with Gasteiger partial charge in [-0.1, -0.05) is 19.8 Å². The fraction of sp³-hybridized carbons (Fsp3) is 1.00. The summed E-state index contributed by atoms with van der Waals surface area (Å²) in [6.45, 7) is 2.21. The van der Waals surface area contributed by atoms with Gasteiger partial charge in [-0.3, -0.25) is 0 Å². The second-order valence-electron chi connectivity index (χ2n) is 2.79. The van der Waals surface area contributed by atoms with Gasteiger partial charge in [0.1, 0.15) is 0 Å². The third-order valence-electron chi connectivity index (χ3n) is 2.00. The quantitative estimate of drug-likeness (QED) is 0.585. The molecule has 2 heteroatoms. The summed E-state index contributed by atoms with van der Waals surface area (Å²) in [7, 11) is 0. The molecule has 0 heterocycles. The lowest BCUT2D eigenvalue weighted by molar-refractivity contribution is 0.523. The molecular formula is C8H15ClS. The smallest absolute Gasteiger partial charge is 0.0454 e. The predicted octanol–water partition coefficient (Wildman–Crippen LogP) is 3.29. The molecule has 0 spiro atoms. The van der Waals surface area contributed by atoms with Crippen LogP contribution in [0.25, 0.3) is 0 Å². The van der Waals surface area contributed by atoms with E-state index in [4.69, 9.17) is 11.6 Å². The fourth-order valence-corrected chi connectivity index (χ4v) is 3.06. The molecular weight excluding hydrogens is 164 g/mol. The molecule has 1 rings (SSSR count). The third-order valence-corrected chi connectivity index (χ3v) is 4.00. The van der Waals surface area contributed by atoms with Crippen LogP contribution in [-0.2, 0) is 0 Å². The highest BCUT2D eigenvalue weighted by Gasteiger charge is 2.22. The Kier molecular flexibility index (Phi) is 3.93. The van der Waals surface area contributed by atoms with Crippen LogP contribution in [0.1, 0.15) is 32.6 Å². The first kappa shape index (κ1) is 8.73. The van der Waals surface area contributed by atoms with E-state index in [0.29, 0.717) is 5.38 Å². The van der Waals surface area contributed by atoms with E-state index in [0.717, 1.165) is 5.25 Å². The van der Waals surface area contributed by atoms with E-state index in [1.165, 1.54) is 31.4 Å². The summed E-state index contributed by atoms with van der Waals surface area (Å²) >= 11 is 8.17. The van der Waals surface area contributed by atoms with E-state index in [9.17, 15) is 0 Å². The molecule has 0 amide bonds. The van der Waals surface area contributed by atoms with Crippen molar-refractivity contribution in [1.29, 1.82) is 0 Å². The van der Waals surface area contributed by atoms with Crippen molar-refractivity contribution in [2.24, 2.45) is 0 Å². The Balaban J connectivity index is 2.25. The van der Waals surface area contributed by atoms with Gasteiger partial charge >= 0.3 is 0 Å². The molecule has 0 aromatic heterocycles. The molecule has 60 valence electrons. The number of hydrogen-bond donors (Lipinski definition) is 0. The molecule has 0 bridgehead atoms. The van der Waals surface area contributed by atoms with Crippen molar-refractivity contribution in [2.45, 2.75) is 43.2 Å². The van der Waals surface area contributed by atoms with Gasteiger partial charge in [-0.2, -0.15) is 11.8 Å². The highest BCUT2D eigenvalue weighted by atomic mass is 35.5. The van der Waals surface area contributed by atoms with Gasteiger partial charge in [0.2, 0.25) is 0 Å². The van der Waals surface area contributed by atoms with Gasteiger partial charge in [0.05, 0.1) is 0 Å². The molecule has 0 aromatic rings. The van der Waals surface area contributed by atoms with Gasteiger partial charge in [-0.15, -0.1) is 11.6 Å². The normalized spacial score (nSPS) is 34.2. The summed E-state index contributed by atoms with van der Waals surface area (Å²) in [6.07, 6.45) is 5.31. The first-order valence-corrected chi connectivity index (χ1v) is 5.58. The summed E-state index contributed by atoms with van der Waals surface area (Å²) < 4.78 is 0. The van der Waals surface area contributed by atoms with Crippen molar-refractivity contribution in [1.82, 2.24) is 0 Å². The van der Waals surface area contributed by atoms with E-state index in [2.05, 4.69) is 6.92 Å². The van der Waals surface area contributed by atoms with Gasteiger partial charge in [0, 0.05) is 10.6 Å². The summed E-state index contributed by atoms with van der Waals surface area (Å²) in [5.74, 6) is 1.22. The van der Waals surface area contributed by atoms with E-state index in [-0.39, 0.29) is 0 Å². The monoisotopic (exact) mass is 178 g/mol. The minimum Gasteiger partial charge on any atom is -0.157 e. The molecule has 1 aliphatic carbocycles. The first-order chi connectivity index (χ1) is 4.84. The summed E-state index contributed by atoms with van der Waals surface area (Å²) in [4.78, 5) is 0. The fourth-order valence-electron chi connectivity index (χ4n) is 1.45.